The number of benzene rings is 1. The van der Waals surface area contributed by atoms with Crippen LogP contribution in [0.3, 0.4) is 0 Å². The summed E-state index contributed by atoms with van der Waals surface area (Å²) in [7, 11) is 0. The first-order valence-corrected chi connectivity index (χ1v) is 7.55. The zero-order valence-electron chi connectivity index (χ0n) is 12.7. The highest BCUT2D eigenvalue weighted by Gasteiger charge is 2.29. The zero-order valence-corrected chi connectivity index (χ0v) is 13.5. The van der Waals surface area contributed by atoms with Crippen LogP contribution in [0.2, 0.25) is 0 Å². The van der Waals surface area contributed by atoms with Gasteiger partial charge < -0.3 is 5.11 Å². The molecular weight excluding hydrogens is 270 g/mol. The van der Waals surface area contributed by atoms with Crippen molar-refractivity contribution in [1.82, 2.24) is 4.98 Å². The van der Waals surface area contributed by atoms with Crippen LogP contribution in [-0.4, -0.2) is 16.1 Å². The third-order valence-corrected chi connectivity index (χ3v) is 4.80. The SMILES string of the molecule is CC(C)(Cc1cccc2sc(C(C)(C)C)nc12)C(=O)O. The van der Waals surface area contributed by atoms with E-state index in [1.54, 1.807) is 25.2 Å². The molecule has 0 aliphatic rings. The van der Waals surface area contributed by atoms with Gasteiger partial charge in [0.25, 0.3) is 0 Å². The average Bonchev–Trinajstić information content (AvgIpc) is 2.73. The van der Waals surface area contributed by atoms with E-state index in [9.17, 15) is 9.90 Å². The second-order valence-electron chi connectivity index (χ2n) is 6.90. The molecule has 0 saturated carbocycles. The van der Waals surface area contributed by atoms with Gasteiger partial charge in [0.05, 0.1) is 20.6 Å². The van der Waals surface area contributed by atoms with Crippen LogP contribution in [0, 0.1) is 5.41 Å². The van der Waals surface area contributed by atoms with Gasteiger partial charge >= 0.3 is 5.97 Å². The van der Waals surface area contributed by atoms with Crippen LogP contribution < -0.4 is 0 Å². The molecular formula is C16H21NO2S. The molecule has 0 fully saturated rings. The van der Waals surface area contributed by atoms with E-state index in [4.69, 9.17) is 4.98 Å². The van der Waals surface area contributed by atoms with E-state index >= 15 is 0 Å². The Bertz CT molecular complexity index is 650. The lowest BCUT2D eigenvalue weighted by molar-refractivity contribution is -0.146. The average molecular weight is 291 g/mol. The number of para-hydroxylation sites is 1. The first-order valence-electron chi connectivity index (χ1n) is 6.73. The molecule has 4 heteroatoms. The van der Waals surface area contributed by atoms with E-state index in [1.807, 2.05) is 12.1 Å². The number of carboxylic acids is 1. The van der Waals surface area contributed by atoms with E-state index in [0.29, 0.717) is 6.42 Å². The molecule has 1 aromatic carbocycles. The van der Waals surface area contributed by atoms with E-state index in [0.717, 1.165) is 20.8 Å². The number of hydrogen-bond donors (Lipinski definition) is 1. The van der Waals surface area contributed by atoms with Crippen LogP contribution in [0.1, 0.15) is 45.2 Å². The second kappa shape index (κ2) is 4.85. The zero-order chi connectivity index (χ0) is 15.1. The molecule has 0 amide bonds. The van der Waals surface area contributed by atoms with Gasteiger partial charge in [0, 0.05) is 5.41 Å². The highest BCUT2D eigenvalue weighted by molar-refractivity contribution is 7.18. The van der Waals surface area contributed by atoms with Gasteiger partial charge in [-0.15, -0.1) is 11.3 Å². The molecule has 1 aromatic heterocycles. The summed E-state index contributed by atoms with van der Waals surface area (Å²) in [5.74, 6) is -0.777. The minimum Gasteiger partial charge on any atom is -0.481 e. The van der Waals surface area contributed by atoms with E-state index in [1.165, 1.54) is 0 Å². The van der Waals surface area contributed by atoms with Gasteiger partial charge in [-0.2, -0.15) is 0 Å². The fraction of sp³-hybridized carbons (Fsp3) is 0.500. The maximum Gasteiger partial charge on any atom is 0.309 e. The quantitative estimate of drug-likeness (QED) is 0.919. The smallest absolute Gasteiger partial charge is 0.309 e. The number of hydrogen-bond acceptors (Lipinski definition) is 3. The van der Waals surface area contributed by atoms with E-state index in [-0.39, 0.29) is 5.41 Å². The highest BCUT2D eigenvalue weighted by Crippen LogP contribution is 2.34. The summed E-state index contributed by atoms with van der Waals surface area (Å²) >= 11 is 1.69. The number of nitrogens with zero attached hydrogens (tertiary/aromatic N) is 1. The molecule has 0 saturated heterocycles. The summed E-state index contributed by atoms with van der Waals surface area (Å²) in [5.41, 5.74) is 1.21. The largest absolute Gasteiger partial charge is 0.481 e. The molecule has 0 bridgehead atoms. The number of fused-ring (bicyclic) bond motifs is 1. The van der Waals surface area contributed by atoms with Crippen LogP contribution in [0.4, 0.5) is 0 Å². The molecule has 0 unspecified atom stereocenters. The lowest BCUT2D eigenvalue weighted by Crippen LogP contribution is -2.26. The first-order chi connectivity index (χ1) is 9.11. The summed E-state index contributed by atoms with van der Waals surface area (Å²) in [5, 5.41) is 10.4. The number of carboxylic acid groups (broad SMARTS) is 1. The minimum absolute atomic E-state index is 0.0171. The second-order valence-corrected chi connectivity index (χ2v) is 7.93. The van der Waals surface area contributed by atoms with Gasteiger partial charge in [0.2, 0.25) is 0 Å². The van der Waals surface area contributed by atoms with Crippen molar-refractivity contribution in [2.24, 2.45) is 5.41 Å². The standard InChI is InChI=1S/C16H21NO2S/c1-15(2,3)13-17-12-10(7-6-8-11(12)20-13)9-16(4,5)14(18)19/h6-8H,9H2,1-5H3,(H,18,19). The van der Waals surface area contributed by atoms with Crippen molar-refractivity contribution in [2.75, 3.05) is 0 Å². The third kappa shape index (κ3) is 2.85. The van der Waals surface area contributed by atoms with Crippen molar-refractivity contribution in [3.8, 4) is 0 Å². The number of rotatable bonds is 3. The Balaban J connectivity index is 2.50. The Morgan fingerprint density at radius 3 is 2.45 bits per heavy atom. The predicted octanol–water partition coefficient (Wildman–Crippen LogP) is 4.25. The van der Waals surface area contributed by atoms with Crippen molar-refractivity contribution >= 4 is 27.5 Å². The monoisotopic (exact) mass is 291 g/mol. The molecule has 1 N–H and O–H groups in total. The summed E-state index contributed by atoms with van der Waals surface area (Å²) in [6.45, 7) is 9.94. The summed E-state index contributed by atoms with van der Waals surface area (Å²) in [4.78, 5) is 16.1. The Morgan fingerprint density at radius 1 is 1.25 bits per heavy atom. The minimum atomic E-state index is -0.778. The number of thiazole rings is 1. The van der Waals surface area contributed by atoms with Gasteiger partial charge in [-0.05, 0) is 31.9 Å². The van der Waals surface area contributed by atoms with Crippen LogP contribution in [0.25, 0.3) is 10.2 Å². The van der Waals surface area contributed by atoms with Crippen molar-refractivity contribution in [2.45, 2.75) is 46.5 Å². The molecule has 108 valence electrons. The van der Waals surface area contributed by atoms with Crippen molar-refractivity contribution in [3.63, 3.8) is 0 Å². The predicted molar refractivity (Wildman–Crippen MR) is 83.4 cm³/mol. The molecule has 20 heavy (non-hydrogen) atoms. The Labute approximate surface area is 123 Å². The van der Waals surface area contributed by atoms with Crippen molar-refractivity contribution < 1.29 is 9.90 Å². The normalized spacial score (nSPS) is 12.8. The molecule has 0 atom stereocenters. The van der Waals surface area contributed by atoms with Gasteiger partial charge in [0.15, 0.2) is 0 Å². The number of carbonyl (C=O) groups is 1. The number of aliphatic carboxylic acids is 1. The summed E-state index contributed by atoms with van der Waals surface area (Å²) < 4.78 is 1.13. The molecule has 2 rings (SSSR count). The fourth-order valence-corrected chi connectivity index (χ4v) is 3.09. The molecule has 0 aliphatic heterocycles. The maximum absolute atomic E-state index is 11.3. The topological polar surface area (TPSA) is 50.2 Å². The van der Waals surface area contributed by atoms with Gasteiger partial charge in [0.1, 0.15) is 0 Å². The van der Waals surface area contributed by atoms with Gasteiger partial charge in [-0.25, -0.2) is 4.98 Å². The Kier molecular flexibility index (Phi) is 3.63. The maximum atomic E-state index is 11.3. The Hall–Kier alpha value is -1.42. The lowest BCUT2D eigenvalue weighted by atomic mass is 9.85. The van der Waals surface area contributed by atoms with E-state index < -0.39 is 11.4 Å². The fourth-order valence-electron chi connectivity index (χ4n) is 2.02. The van der Waals surface area contributed by atoms with Crippen LogP contribution in [0.15, 0.2) is 18.2 Å². The molecule has 1 heterocycles. The molecule has 2 aromatic rings. The highest BCUT2D eigenvalue weighted by atomic mass is 32.1. The van der Waals surface area contributed by atoms with Crippen molar-refractivity contribution in [1.29, 1.82) is 0 Å². The van der Waals surface area contributed by atoms with Crippen LogP contribution >= 0.6 is 11.3 Å². The van der Waals surface area contributed by atoms with Crippen LogP contribution in [-0.2, 0) is 16.6 Å². The summed E-state index contributed by atoms with van der Waals surface area (Å²) in [6, 6.07) is 6.03. The number of aromatic nitrogens is 1. The van der Waals surface area contributed by atoms with Gasteiger partial charge in [-0.1, -0.05) is 32.9 Å². The van der Waals surface area contributed by atoms with Crippen molar-refractivity contribution in [3.05, 3.63) is 28.8 Å². The van der Waals surface area contributed by atoms with Gasteiger partial charge in [-0.3, -0.25) is 4.79 Å². The van der Waals surface area contributed by atoms with E-state index in [2.05, 4.69) is 26.8 Å². The lowest BCUT2D eigenvalue weighted by Gasteiger charge is -2.19. The molecule has 0 spiro atoms. The third-order valence-electron chi connectivity index (χ3n) is 3.36. The first kappa shape index (κ1) is 15.0. The molecule has 3 nitrogen and oxygen atoms in total. The molecule has 0 radical (unpaired) electrons. The molecule has 0 aliphatic carbocycles. The Morgan fingerprint density at radius 2 is 1.90 bits per heavy atom. The summed E-state index contributed by atoms with van der Waals surface area (Å²) in [6.07, 6.45) is 0.493. The van der Waals surface area contributed by atoms with Crippen LogP contribution in [0.5, 0.6) is 0 Å².